The van der Waals surface area contributed by atoms with Crippen molar-refractivity contribution in [1.29, 1.82) is 0 Å². The molecule has 1 aliphatic heterocycles. The molecule has 3 rings (SSSR count). The Balaban J connectivity index is 1.75. The van der Waals surface area contributed by atoms with E-state index in [-0.39, 0.29) is 22.8 Å². The Kier molecular flexibility index (Phi) is 4.18. The average molecular weight is 339 g/mol. The largest absolute Gasteiger partial charge is 0.438 e. The van der Waals surface area contributed by atoms with Crippen molar-refractivity contribution in [3.8, 4) is 0 Å². The normalized spacial score (nSPS) is 19.0. The number of carbonyl (C=O) groups excluding carboxylic acids is 1. The molecule has 1 saturated heterocycles. The van der Waals surface area contributed by atoms with Gasteiger partial charge in [0.15, 0.2) is 5.76 Å². The Morgan fingerprint density at radius 1 is 1.43 bits per heavy atom. The molecule has 0 aliphatic carbocycles. The maximum atomic E-state index is 12.5. The quantitative estimate of drug-likeness (QED) is 0.855. The highest BCUT2D eigenvalue weighted by Crippen LogP contribution is 2.23. The van der Waals surface area contributed by atoms with E-state index in [0.717, 1.165) is 12.8 Å². The lowest BCUT2D eigenvalue weighted by Crippen LogP contribution is -2.40. The van der Waals surface area contributed by atoms with Gasteiger partial charge in [0.05, 0.1) is 6.04 Å². The van der Waals surface area contributed by atoms with Crippen molar-refractivity contribution in [3.63, 3.8) is 0 Å². The molecule has 2 aromatic heterocycles. The van der Waals surface area contributed by atoms with Crippen LogP contribution in [0, 0.1) is 0 Å². The lowest BCUT2D eigenvalue weighted by atomic mass is 10.1. The number of amides is 1. The molecule has 9 nitrogen and oxygen atoms in total. The maximum absolute atomic E-state index is 12.5. The Labute approximate surface area is 133 Å². The summed E-state index contributed by atoms with van der Waals surface area (Å²) in [7, 11) is -2.41. The number of likely N-dealkylation sites (tertiary alicyclic amines) is 1. The maximum Gasteiger partial charge on any atom is 0.289 e. The summed E-state index contributed by atoms with van der Waals surface area (Å²) in [6.07, 6.45) is 4.83. The zero-order chi connectivity index (χ0) is 16.4. The predicted octanol–water partition coefficient (Wildman–Crippen LogP) is 0.256. The molecule has 124 valence electrons. The van der Waals surface area contributed by atoms with Crippen LogP contribution in [0.5, 0.6) is 0 Å². The van der Waals surface area contributed by atoms with E-state index in [1.165, 1.54) is 25.5 Å². The van der Waals surface area contributed by atoms with E-state index >= 15 is 0 Å². The van der Waals surface area contributed by atoms with Gasteiger partial charge >= 0.3 is 0 Å². The molecule has 0 spiro atoms. The van der Waals surface area contributed by atoms with E-state index in [2.05, 4.69) is 14.8 Å². The SMILES string of the molecule is CNS(=O)(=O)c1ccc(C(=O)N2CCCC(n3cncn3)C2)o1. The van der Waals surface area contributed by atoms with Crippen LogP contribution in [-0.4, -0.2) is 54.1 Å². The van der Waals surface area contributed by atoms with Gasteiger partial charge in [0, 0.05) is 13.1 Å². The highest BCUT2D eigenvalue weighted by molar-refractivity contribution is 7.89. The molecular formula is C13H17N5O4S. The molecule has 3 heterocycles. The van der Waals surface area contributed by atoms with E-state index in [1.54, 1.807) is 15.9 Å². The topological polar surface area (TPSA) is 110 Å². The summed E-state index contributed by atoms with van der Waals surface area (Å²) < 4.78 is 32.4. The third-order valence-corrected chi connectivity index (χ3v) is 5.11. The predicted molar refractivity (Wildman–Crippen MR) is 79.2 cm³/mol. The third kappa shape index (κ3) is 3.13. The number of sulfonamides is 1. The van der Waals surface area contributed by atoms with Crippen LogP contribution in [0.4, 0.5) is 0 Å². The van der Waals surface area contributed by atoms with Gasteiger partial charge in [-0.15, -0.1) is 0 Å². The van der Waals surface area contributed by atoms with Crippen LogP contribution in [0.3, 0.4) is 0 Å². The summed E-state index contributed by atoms with van der Waals surface area (Å²) in [4.78, 5) is 18.1. The summed E-state index contributed by atoms with van der Waals surface area (Å²) in [5, 5.41) is 3.84. The lowest BCUT2D eigenvalue weighted by molar-refractivity contribution is 0.0635. The zero-order valence-electron chi connectivity index (χ0n) is 12.5. The first-order chi connectivity index (χ1) is 11.0. The fourth-order valence-corrected chi connectivity index (χ4v) is 3.24. The van der Waals surface area contributed by atoms with Gasteiger partial charge in [0.2, 0.25) is 5.09 Å². The second-order valence-electron chi connectivity index (χ2n) is 5.25. The minimum absolute atomic E-state index is 0.0121. The van der Waals surface area contributed by atoms with Crippen LogP contribution in [-0.2, 0) is 10.0 Å². The minimum atomic E-state index is -3.70. The molecule has 1 aliphatic rings. The monoisotopic (exact) mass is 339 g/mol. The fraction of sp³-hybridized carbons (Fsp3) is 0.462. The summed E-state index contributed by atoms with van der Waals surface area (Å²) in [6, 6.07) is 2.72. The standard InChI is InChI=1S/C13H17N5O4S/c1-14-23(20,21)12-5-4-11(22-12)13(19)17-6-2-3-10(7-17)18-9-15-8-16-18/h4-5,8-10,14H,2-3,6-7H2,1H3. The molecule has 0 saturated carbocycles. The van der Waals surface area contributed by atoms with Crippen molar-refractivity contribution in [3.05, 3.63) is 30.5 Å². The highest BCUT2D eigenvalue weighted by Gasteiger charge is 2.28. The van der Waals surface area contributed by atoms with Crippen molar-refractivity contribution in [2.45, 2.75) is 24.0 Å². The molecule has 1 fully saturated rings. The van der Waals surface area contributed by atoms with E-state index < -0.39 is 10.0 Å². The molecule has 2 aromatic rings. The molecule has 0 bridgehead atoms. The average Bonchev–Trinajstić information content (AvgIpc) is 3.26. The summed E-state index contributed by atoms with van der Waals surface area (Å²) in [5.41, 5.74) is 0. The third-order valence-electron chi connectivity index (χ3n) is 3.82. The van der Waals surface area contributed by atoms with Crippen LogP contribution in [0.1, 0.15) is 29.4 Å². The number of hydrogen-bond acceptors (Lipinski definition) is 6. The smallest absolute Gasteiger partial charge is 0.289 e. The molecule has 0 radical (unpaired) electrons. The van der Waals surface area contributed by atoms with Crippen molar-refractivity contribution in [2.75, 3.05) is 20.1 Å². The first kappa shape index (κ1) is 15.7. The van der Waals surface area contributed by atoms with Crippen molar-refractivity contribution in [1.82, 2.24) is 24.4 Å². The van der Waals surface area contributed by atoms with Crippen molar-refractivity contribution >= 4 is 15.9 Å². The molecule has 23 heavy (non-hydrogen) atoms. The lowest BCUT2D eigenvalue weighted by Gasteiger charge is -2.32. The fourth-order valence-electron chi connectivity index (χ4n) is 2.60. The molecule has 1 unspecified atom stereocenters. The molecule has 1 amide bonds. The van der Waals surface area contributed by atoms with E-state index in [0.29, 0.717) is 13.1 Å². The van der Waals surface area contributed by atoms with Crippen molar-refractivity contribution in [2.24, 2.45) is 0 Å². The van der Waals surface area contributed by atoms with Crippen LogP contribution in [0.25, 0.3) is 0 Å². The van der Waals surface area contributed by atoms with E-state index in [4.69, 9.17) is 4.42 Å². The first-order valence-corrected chi connectivity index (χ1v) is 8.66. The molecule has 1 atom stereocenters. The second-order valence-corrected chi connectivity index (χ2v) is 7.07. The number of hydrogen-bond donors (Lipinski definition) is 1. The Morgan fingerprint density at radius 2 is 2.26 bits per heavy atom. The minimum Gasteiger partial charge on any atom is -0.438 e. The Hall–Kier alpha value is -2.20. The first-order valence-electron chi connectivity index (χ1n) is 7.18. The Morgan fingerprint density at radius 3 is 2.96 bits per heavy atom. The van der Waals surface area contributed by atoms with Gasteiger partial charge in [-0.1, -0.05) is 0 Å². The number of furan rings is 1. The number of rotatable bonds is 4. The van der Waals surface area contributed by atoms with E-state index in [1.807, 2.05) is 0 Å². The number of nitrogens with zero attached hydrogens (tertiary/aromatic N) is 4. The van der Waals surface area contributed by atoms with Crippen LogP contribution >= 0.6 is 0 Å². The van der Waals surface area contributed by atoms with E-state index in [9.17, 15) is 13.2 Å². The second kappa shape index (κ2) is 6.13. The van der Waals surface area contributed by atoms with Gasteiger partial charge < -0.3 is 9.32 Å². The van der Waals surface area contributed by atoms with Gasteiger partial charge in [-0.2, -0.15) is 5.10 Å². The number of piperidine rings is 1. The Bertz CT molecular complexity index is 783. The summed E-state index contributed by atoms with van der Waals surface area (Å²) >= 11 is 0. The van der Waals surface area contributed by atoms with Gasteiger partial charge in [-0.05, 0) is 32.0 Å². The van der Waals surface area contributed by atoms with Crippen LogP contribution in [0.15, 0.2) is 34.3 Å². The summed E-state index contributed by atoms with van der Waals surface area (Å²) in [6.45, 7) is 1.08. The number of nitrogens with one attached hydrogen (secondary N) is 1. The summed E-state index contributed by atoms with van der Waals surface area (Å²) in [5.74, 6) is -0.314. The van der Waals surface area contributed by atoms with Crippen molar-refractivity contribution < 1.29 is 17.6 Å². The molecule has 10 heteroatoms. The number of carbonyl (C=O) groups is 1. The van der Waals surface area contributed by atoms with Gasteiger partial charge in [0.25, 0.3) is 15.9 Å². The van der Waals surface area contributed by atoms with Gasteiger partial charge in [-0.3, -0.25) is 4.79 Å². The van der Waals surface area contributed by atoms with Gasteiger partial charge in [0.1, 0.15) is 12.7 Å². The van der Waals surface area contributed by atoms with Gasteiger partial charge in [-0.25, -0.2) is 22.8 Å². The van der Waals surface area contributed by atoms with Crippen LogP contribution in [0.2, 0.25) is 0 Å². The number of aromatic nitrogens is 3. The van der Waals surface area contributed by atoms with Crippen LogP contribution < -0.4 is 4.72 Å². The zero-order valence-corrected chi connectivity index (χ0v) is 13.4. The highest BCUT2D eigenvalue weighted by atomic mass is 32.2. The molecular weight excluding hydrogens is 322 g/mol. The molecule has 1 N–H and O–H groups in total. The molecule has 0 aromatic carbocycles.